The molecule has 6 heteroatoms. The van der Waals surface area contributed by atoms with Gasteiger partial charge in [-0.3, -0.25) is 0 Å². The number of aromatic nitrogens is 2. The van der Waals surface area contributed by atoms with Crippen molar-refractivity contribution in [3.8, 4) is 0 Å². The fourth-order valence-corrected chi connectivity index (χ4v) is 1.41. The third kappa shape index (κ3) is 4.20. The molecule has 84 valence electrons. The van der Waals surface area contributed by atoms with E-state index in [1.807, 2.05) is 6.92 Å². The van der Waals surface area contributed by atoms with Crippen molar-refractivity contribution in [2.45, 2.75) is 25.9 Å². The van der Waals surface area contributed by atoms with Crippen molar-refractivity contribution >= 4 is 29.0 Å². The van der Waals surface area contributed by atoms with Gasteiger partial charge in [0.15, 0.2) is 0 Å². The maximum atomic E-state index is 9.49. The molecule has 0 aliphatic carbocycles. The smallest absolute Gasteiger partial charge is 0.224 e. The molecule has 0 aliphatic heterocycles. The van der Waals surface area contributed by atoms with Crippen molar-refractivity contribution < 1.29 is 5.11 Å². The van der Waals surface area contributed by atoms with Gasteiger partial charge in [0.05, 0.1) is 12.3 Å². The predicted octanol–water partition coefficient (Wildman–Crippen LogP) is 2.36. The third-order valence-corrected chi connectivity index (χ3v) is 2.30. The summed E-state index contributed by atoms with van der Waals surface area (Å²) in [5.74, 6) is 0.451. The van der Waals surface area contributed by atoms with Gasteiger partial charge in [0.25, 0.3) is 0 Å². The number of nitrogens with one attached hydrogen (secondary N) is 1. The van der Waals surface area contributed by atoms with Crippen molar-refractivity contribution in [3.05, 3.63) is 16.5 Å². The van der Waals surface area contributed by atoms with Gasteiger partial charge in [0.2, 0.25) is 5.28 Å². The Balaban J connectivity index is 2.53. The molecule has 1 aromatic heterocycles. The number of hydrogen-bond acceptors (Lipinski definition) is 4. The first-order valence-corrected chi connectivity index (χ1v) is 5.49. The van der Waals surface area contributed by atoms with E-state index in [0.717, 1.165) is 12.8 Å². The maximum Gasteiger partial charge on any atom is 0.224 e. The maximum absolute atomic E-state index is 9.49. The minimum Gasteiger partial charge on any atom is -0.391 e. The highest BCUT2D eigenvalue weighted by Crippen LogP contribution is 2.19. The standard InChI is InChI=1S/C9H13Cl2N3O/c1-2-3-6(15)4-12-8-7(10)5-13-9(11)14-8/h5-6,15H,2-4H2,1H3,(H,12,13,14). The van der Waals surface area contributed by atoms with Crippen LogP contribution in [0.25, 0.3) is 0 Å². The van der Waals surface area contributed by atoms with Crippen molar-refractivity contribution in [2.24, 2.45) is 0 Å². The zero-order chi connectivity index (χ0) is 11.3. The van der Waals surface area contributed by atoms with Gasteiger partial charge in [-0.1, -0.05) is 24.9 Å². The second-order valence-electron chi connectivity index (χ2n) is 3.16. The number of aliphatic hydroxyl groups is 1. The van der Waals surface area contributed by atoms with E-state index in [1.54, 1.807) is 0 Å². The predicted molar refractivity (Wildman–Crippen MR) is 61.5 cm³/mol. The Morgan fingerprint density at radius 3 is 2.93 bits per heavy atom. The van der Waals surface area contributed by atoms with Crippen LogP contribution >= 0.6 is 23.2 Å². The molecule has 0 amide bonds. The molecule has 0 spiro atoms. The molecule has 0 radical (unpaired) electrons. The van der Waals surface area contributed by atoms with Crippen LogP contribution in [0.4, 0.5) is 5.82 Å². The number of hydrogen-bond donors (Lipinski definition) is 2. The Morgan fingerprint density at radius 1 is 1.53 bits per heavy atom. The van der Waals surface area contributed by atoms with Crippen molar-refractivity contribution in [1.82, 2.24) is 9.97 Å². The summed E-state index contributed by atoms with van der Waals surface area (Å²) in [4.78, 5) is 7.63. The highest BCUT2D eigenvalue weighted by molar-refractivity contribution is 6.33. The fourth-order valence-electron chi connectivity index (χ4n) is 1.12. The van der Waals surface area contributed by atoms with E-state index in [-0.39, 0.29) is 5.28 Å². The van der Waals surface area contributed by atoms with Gasteiger partial charge in [-0.15, -0.1) is 0 Å². The van der Waals surface area contributed by atoms with Crippen LogP contribution < -0.4 is 5.32 Å². The van der Waals surface area contributed by atoms with Crippen LogP contribution in [-0.4, -0.2) is 27.7 Å². The quantitative estimate of drug-likeness (QED) is 0.787. The van der Waals surface area contributed by atoms with Crippen LogP contribution in [0.1, 0.15) is 19.8 Å². The van der Waals surface area contributed by atoms with Crippen LogP contribution in [0.3, 0.4) is 0 Å². The van der Waals surface area contributed by atoms with E-state index >= 15 is 0 Å². The summed E-state index contributed by atoms with van der Waals surface area (Å²) in [5.41, 5.74) is 0. The lowest BCUT2D eigenvalue weighted by Crippen LogP contribution is -2.19. The Kier molecular flexibility index (Phi) is 5.08. The van der Waals surface area contributed by atoms with E-state index in [2.05, 4.69) is 15.3 Å². The second-order valence-corrected chi connectivity index (χ2v) is 3.90. The summed E-state index contributed by atoms with van der Waals surface area (Å²) in [7, 11) is 0. The first kappa shape index (κ1) is 12.5. The lowest BCUT2D eigenvalue weighted by Gasteiger charge is -2.11. The SMILES string of the molecule is CCCC(O)CNc1nc(Cl)ncc1Cl. The molecule has 1 unspecified atom stereocenters. The first-order valence-electron chi connectivity index (χ1n) is 4.73. The average Bonchev–Trinajstić information content (AvgIpc) is 2.20. The molecule has 0 saturated heterocycles. The number of rotatable bonds is 5. The molecule has 0 bridgehead atoms. The molecular formula is C9H13Cl2N3O. The molecule has 1 rings (SSSR count). The second kappa shape index (κ2) is 6.10. The summed E-state index contributed by atoms with van der Waals surface area (Å²) in [6.45, 7) is 2.42. The van der Waals surface area contributed by atoms with E-state index in [0.29, 0.717) is 17.4 Å². The van der Waals surface area contributed by atoms with Crippen LogP contribution in [0.15, 0.2) is 6.20 Å². The van der Waals surface area contributed by atoms with Crippen LogP contribution in [0.2, 0.25) is 10.3 Å². The largest absolute Gasteiger partial charge is 0.391 e. The molecule has 1 heterocycles. The minimum absolute atomic E-state index is 0.131. The zero-order valence-corrected chi connectivity index (χ0v) is 9.89. The lowest BCUT2D eigenvalue weighted by atomic mass is 10.2. The van der Waals surface area contributed by atoms with Crippen molar-refractivity contribution in [3.63, 3.8) is 0 Å². The lowest BCUT2D eigenvalue weighted by molar-refractivity contribution is 0.176. The Bertz CT molecular complexity index is 322. The van der Waals surface area contributed by atoms with Gasteiger partial charge in [-0.2, -0.15) is 4.98 Å². The minimum atomic E-state index is -0.403. The molecule has 0 fully saturated rings. The van der Waals surface area contributed by atoms with E-state index in [1.165, 1.54) is 6.20 Å². The monoisotopic (exact) mass is 249 g/mol. The highest BCUT2D eigenvalue weighted by Gasteiger charge is 2.06. The number of aliphatic hydroxyl groups excluding tert-OH is 1. The molecule has 1 aromatic rings. The Labute approximate surface area is 98.6 Å². The summed E-state index contributed by atoms with van der Waals surface area (Å²) in [5, 5.41) is 12.9. The van der Waals surface area contributed by atoms with Crippen molar-refractivity contribution in [1.29, 1.82) is 0 Å². The highest BCUT2D eigenvalue weighted by atomic mass is 35.5. The summed E-state index contributed by atoms with van der Waals surface area (Å²) < 4.78 is 0. The fraction of sp³-hybridized carbons (Fsp3) is 0.556. The molecule has 0 saturated carbocycles. The number of anilines is 1. The first-order chi connectivity index (χ1) is 7.13. The summed E-state index contributed by atoms with van der Waals surface area (Å²) in [6, 6.07) is 0. The normalized spacial score (nSPS) is 12.5. The van der Waals surface area contributed by atoms with Gasteiger partial charge in [-0.25, -0.2) is 4.98 Å². The molecular weight excluding hydrogens is 237 g/mol. The van der Waals surface area contributed by atoms with Crippen LogP contribution in [0.5, 0.6) is 0 Å². The topological polar surface area (TPSA) is 58.0 Å². The summed E-state index contributed by atoms with van der Waals surface area (Å²) >= 11 is 11.4. The Hall–Kier alpha value is -0.580. The zero-order valence-electron chi connectivity index (χ0n) is 8.37. The molecule has 4 nitrogen and oxygen atoms in total. The van der Waals surface area contributed by atoms with Gasteiger partial charge in [0, 0.05) is 6.54 Å². The van der Waals surface area contributed by atoms with E-state index in [9.17, 15) is 5.11 Å². The number of halogens is 2. The number of nitrogens with zero attached hydrogens (tertiary/aromatic N) is 2. The van der Waals surface area contributed by atoms with E-state index < -0.39 is 6.10 Å². The Morgan fingerprint density at radius 2 is 2.27 bits per heavy atom. The van der Waals surface area contributed by atoms with Gasteiger partial charge < -0.3 is 10.4 Å². The van der Waals surface area contributed by atoms with Crippen LogP contribution in [-0.2, 0) is 0 Å². The molecule has 15 heavy (non-hydrogen) atoms. The van der Waals surface area contributed by atoms with Gasteiger partial charge in [-0.05, 0) is 18.0 Å². The molecule has 0 aromatic carbocycles. The van der Waals surface area contributed by atoms with Gasteiger partial charge in [0.1, 0.15) is 10.8 Å². The average molecular weight is 250 g/mol. The molecule has 1 atom stereocenters. The van der Waals surface area contributed by atoms with E-state index in [4.69, 9.17) is 23.2 Å². The third-order valence-electron chi connectivity index (χ3n) is 1.84. The van der Waals surface area contributed by atoms with Gasteiger partial charge >= 0.3 is 0 Å². The molecule has 0 aliphatic rings. The molecule has 2 N–H and O–H groups in total. The van der Waals surface area contributed by atoms with Crippen molar-refractivity contribution in [2.75, 3.05) is 11.9 Å². The summed E-state index contributed by atoms with van der Waals surface area (Å²) in [6.07, 6.45) is 2.69. The van der Waals surface area contributed by atoms with Crippen LogP contribution in [0, 0.1) is 0 Å².